The van der Waals surface area contributed by atoms with Crippen molar-refractivity contribution in [2.24, 2.45) is 0 Å². The monoisotopic (exact) mass is 1470 g/mol. The molecule has 14 aromatic rings. The minimum atomic E-state index is 0. The van der Waals surface area contributed by atoms with Crippen molar-refractivity contribution in [3.05, 3.63) is 328 Å². The molecular weight excluding hydrogens is 1420 g/mol. The van der Waals surface area contributed by atoms with Crippen LogP contribution in [0.15, 0.2) is 298 Å². The third-order valence-electron chi connectivity index (χ3n) is 15.1. The molecule has 0 saturated carbocycles. The average Bonchev–Trinajstić information content (AvgIpc) is 2.92. The molecule has 0 fully saturated rings. The van der Waals surface area contributed by atoms with Crippen LogP contribution in [0.3, 0.4) is 0 Å². The Morgan fingerprint density at radius 1 is 0.287 bits per heavy atom. The van der Waals surface area contributed by atoms with Crippen LogP contribution in [0.1, 0.15) is 0 Å². The number of pyridine rings is 3. The zero-order valence-corrected chi connectivity index (χ0v) is 51.3. The minimum Gasteiger partial charge on any atom is -0.333 e. The zero-order valence-electron chi connectivity index (χ0n) is 46.6. The molecule has 4 aromatic heterocycles. The van der Waals surface area contributed by atoms with Gasteiger partial charge in [-0.1, -0.05) is 186 Å². The largest absolute Gasteiger partial charge is 3.00 e. The summed E-state index contributed by atoms with van der Waals surface area (Å²) in [6.45, 7) is 0. The van der Waals surface area contributed by atoms with Crippen LogP contribution in [-0.4, -0.2) is 24.9 Å². The molecule has 87 heavy (non-hydrogen) atoms. The molecule has 0 spiro atoms. The predicted molar refractivity (Wildman–Crippen MR) is 344 cm³/mol. The summed E-state index contributed by atoms with van der Waals surface area (Å²) in [5.74, 6) is 1.82. The van der Waals surface area contributed by atoms with Gasteiger partial charge < -0.3 is 19.9 Å². The van der Waals surface area contributed by atoms with E-state index in [0.717, 1.165) is 117 Å². The van der Waals surface area contributed by atoms with Crippen LogP contribution in [0.4, 0.5) is 17.3 Å². The average molecular weight is 1470 g/mol. The van der Waals surface area contributed by atoms with Gasteiger partial charge in [-0.05, 0) is 110 Å². The maximum Gasteiger partial charge on any atom is 3.00 e. The number of nitrogens with zero attached hydrogens (tertiary/aromatic N) is 6. The van der Waals surface area contributed by atoms with Gasteiger partial charge in [0, 0.05) is 24.2 Å². The second-order valence-corrected chi connectivity index (χ2v) is 20.4. The van der Waals surface area contributed by atoms with Crippen molar-refractivity contribution in [3.8, 4) is 123 Å². The van der Waals surface area contributed by atoms with Crippen LogP contribution >= 0.6 is 0 Å². The molecule has 0 bridgehead atoms. The molecule has 0 aliphatic rings. The molecule has 0 aliphatic heterocycles. The Morgan fingerprint density at radius 3 is 1.26 bits per heavy atom. The Bertz CT molecular complexity index is 4480. The fraction of sp³-hybridized carbons (Fsp3) is 0. The summed E-state index contributed by atoms with van der Waals surface area (Å²) in [5.41, 5.74) is 21.8. The van der Waals surface area contributed by atoms with E-state index in [0.29, 0.717) is 23.0 Å². The number of hydrogen-bond acceptors (Lipinski definition) is 6. The van der Waals surface area contributed by atoms with E-state index in [2.05, 4.69) is 215 Å². The van der Waals surface area contributed by atoms with E-state index >= 15 is 0 Å². The molecule has 414 valence electrons. The Labute approximate surface area is 535 Å². The first-order valence-corrected chi connectivity index (χ1v) is 28.1. The number of hydrogen-bond donors (Lipinski definition) is 0. The van der Waals surface area contributed by atoms with Crippen LogP contribution in [0.25, 0.3) is 123 Å². The number of aromatic nitrogens is 5. The van der Waals surface area contributed by atoms with E-state index in [1.54, 1.807) is 6.20 Å². The summed E-state index contributed by atoms with van der Waals surface area (Å²) in [6, 6.07) is 114. The summed E-state index contributed by atoms with van der Waals surface area (Å²) in [7, 11) is 0. The summed E-state index contributed by atoms with van der Waals surface area (Å²) >= 11 is 0. The second kappa shape index (κ2) is 26.4. The van der Waals surface area contributed by atoms with Crippen molar-refractivity contribution in [1.29, 1.82) is 0 Å². The quantitative estimate of drug-likeness (QED) is 0.101. The van der Waals surface area contributed by atoms with Gasteiger partial charge in [0.05, 0.1) is 5.69 Å². The SMILES string of the molecule is [Ir+3].[Pt+2].[c-]1cc(-c2ccccc2-c2cc(-c3ccccc3-c3c[c-]c(-c4ccccn4)cc3)cc(-c3ccccc3-c3c[c-]c(-c4ccccn4)cc3)c2)c[c-]c1-c1nccc(N(c2cccc(-c3[c-]cccc3)n2)c2ccccc2-c2ccccc2)n1. The summed E-state index contributed by atoms with van der Waals surface area (Å²) in [5, 5.41) is 0. The molecule has 0 saturated heterocycles. The molecule has 10 aromatic carbocycles. The van der Waals surface area contributed by atoms with Crippen molar-refractivity contribution >= 4 is 17.3 Å². The van der Waals surface area contributed by atoms with Crippen LogP contribution in [0.5, 0.6) is 0 Å². The predicted octanol–water partition coefficient (Wildman–Crippen LogP) is 19.5. The first kappa shape index (κ1) is 57.3. The number of anilines is 3. The Kier molecular flexibility index (Phi) is 17.4. The van der Waals surface area contributed by atoms with Crippen molar-refractivity contribution in [1.82, 2.24) is 24.9 Å². The third-order valence-corrected chi connectivity index (χ3v) is 15.1. The van der Waals surface area contributed by atoms with Crippen molar-refractivity contribution in [2.45, 2.75) is 0 Å². The molecule has 0 aliphatic carbocycles. The summed E-state index contributed by atoms with van der Waals surface area (Å²) in [6.07, 6.45) is 5.42. The fourth-order valence-corrected chi connectivity index (χ4v) is 11.0. The van der Waals surface area contributed by atoms with Crippen molar-refractivity contribution in [2.75, 3.05) is 4.90 Å². The third kappa shape index (κ3) is 12.2. The molecule has 0 atom stereocenters. The van der Waals surface area contributed by atoms with Gasteiger partial charge in [0.1, 0.15) is 11.6 Å². The number of rotatable bonds is 14. The molecule has 0 unspecified atom stereocenters. The van der Waals surface area contributed by atoms with Gasteiger partial charge in [-0.15, -0.1) is 95.6 Å². The van der Waals surface area contributed by atoms with Gasteiger partial charge in [0.25, 0.3) is 0 Å². The van der Waals surface area contributed by atoms with Gasteiger partial charge in [0.2, 0.25) is 0 Å². The van der Waals surface area contributed by atoms with Crippen LogP contribution in [0.2, 0.25) is 0 Å². The summed E-state index contributed by atoms with van der Waals surface area (Å²) < 4.78 is 0. The van der Waals surface area contributed by atoms with E-state index in [4.69, 9.17) is 15.0 Å². The molecule has 0 N–H and O–H groups in total. The normalized spacial score (nSPS) is 10.8. The van der Waals surface area contributed by atoms with Gasteiger partial charge in [-0.3, -0.25) is 22.0 Å². The standard InChI is InChI=1S/C79H49N6.Ir.Pt/c1-3-20-55(21-4-1)72-30-13-14-34-76(72)85(77-35-19-33-75(83-77)59-22-5-2-6-23-59)78-48-51-82-79(84-78)62-46-40-58(41-47-62)68-26-9-12-29-71(68)65-53-63(69-27-10-7-24-66(69)56-36-42-60(43-37-56)73-31-15-17-49-80-73)52-64(54-65)70-28-11-8-25-67(70)57-38-44-61(45-39-57)74-32-16-18-50-81-74;;/h1-22,24-42,44,48-54H;;/q-5;+3;+2. The van der Waals surface area contributed by atoms with Gasteiger partial charge in [0.15, 0.2) is 0 Å². The van der Waals surface area contributed by atoms with Crippen LogP contribution < -0.4 is 4.90 Å². The van der Waals surface area contributed by atoms with E-state index in [-0.39, 0.29) is 41.2 Å². The Hall–Kier alpha value is -10.1. The van der Waals surface area contributed by atoms with Crippen molar-refractivity contribution in [3.63, 3.8) is 0 Å². The topological polar surface area (TPSA) is 67.7 Å². The molecule has 14 rings (SSSR count). The molecule has 0 radical (unpaired) electrons. The molecule has 4 heterocycles. The number of para-hydroxylation sites is 1. The molecule has 0 amide bonds. The fourth-order valence-electron chi connectivity index (χ4n) is 11.0. The van der Waals surface area contributed by atoms with Crippen LogP contribution in [0, 0.1) is 30.3 Å². The Morgan fingerprint density at radius 2 is 0.747 bits per heavy atom. The van der Waals surface area contributed by atoms with E-state index in [1.807, 2.05) is 122 Å². The van der Waals surface area contributed by atoms with Gasteiger partial charge in [-0.25, -0.2) is 17.7 Å². The smallest absolute Gasteiger partial charge is 0.333 e. The maximum atomic E-state index is 5.27. The summed E-state index contributed by atoms with van der Waals surface area (Å²) in [4.78, 5) is 26.6. The van der Waals surface area contributed by atoms with Gasteiger partial charge >= 0.3 is 41.2 Å². The van der Waals surface area contributed by atoms with E-state index < -0.39 is 0 Å². The first-order valence-electron chi connectivity index (χ1n) is 28.1. The second-order valence-electron chi connectivity index (χ2n) is 20.4. The van der Waals surface area contributed by atoms with Crippen molar-refractivity contribution < 1.29 is 41.2 Å². The number of benzene rings is 10. The van der Waals surface area contributed by atoms with Gasteiger partial charge in [-0.2, -0.15) is 5.56 Å². The minimum absolute atomic E-state index is 0. The van der Waals surface area contributed by atoms with E-state index in [1.165, 1.54) is 0 Å². The zero-order chi connectivity index (χ0) is 56.7. The Balaban J connectivity index is 0.00000369. The van der Waals surface area contributed by atoms with E-state index in [9.17, 15) is 0 Å². The molecule has 8 heteroatoms. The first-order chi connectivity index (χ1) is 42.1. The van der Waals surface area contributed by atoms with Crippen LogP contribution in [-0.2, 0) is 41.2 Å². The maximum absolute atomic E-state index is 5.27. The molecular formula is C79H49IrN6Pt. The molecule has 6 nitrogen and oxygen atoms in total.